The molecule has 1 aromatic carbocycles. The third-order valence-corrected chi connectivity index (χ3v) is 2.81. The van der Waals surface area contributed by atoms with Gasteiger partial charge in [0.05, 0.1) is 10.7 Å². The van der Waals surface area contributed by atoms with Crippen molar-refractivity contribution < 1.29 is 14.7 Å². The summed E-state index contributed by atoms with van der Waals surface area (Å²) in [6, 6.07) is 3.47. The molecule has 0 spiro atoms. The smallest absolute Gasteiger partial charge is 0.326 e. The third-order valence-electron chi connectivity index (χ3n) is 2.48. The van der Waals surface area contributed by atoms with E-state index in [1.807, 2.05) is 0 Å². The van der Waals surface area contributed by atoms with Gasteiger partial charge in [0.2, 0.25) is 0 Å². The van der Waals surface area contributed by atoms with E-state index in [0.29, 0.717) is 5.69 Å². The maximum absolute atomic E-state index is 11.9. The number of carboxylic acids is 1. The zero-order valence-electron chi connectivity index (χ0n) is 10.1. The standard InChI is InChI=1S/C12H15ClN2O3/c1-6(2)10(12(17)18)15-11(16)7-3-4-9(14)8(13)5-7/h3-6,10H,14H2,1-2H3,(H,15,16)(H,17,18)/t10-/m0/s1. The van der Waals surface area contributed by atoms with E-state index < -0.39 is 17.9 Å². The molecule has 0 fully saturated rings. The summed E-state index contributed by atoms with van der Waals surface area (Å²) in [5.74, 6) is -1.77. The van der Waals surface area contributed by atoms with Crippen LogP contribution in [0.15, 0.2) is 18.2 Å². The number of carboxylic acid groups (broad SMARTS) is 1. The SMILES string of the molecule is CC(C)[C@H](NC(=O)c1ccc(N)c(Cl)c1)C(=O)O. The van der Waals surface area contributed by atoms with Crippen molar-refractivity contribution in [2.45, 2.75) is 19.9 Å². The lowest BCUT2D eigenvalue weighted by atomic mass is 10.0. The van der Waals surface area contributed by atoms with Crippen LogP contribution in [-0.2, 0) is 4.79 Å². The lowest BCUT2D eigenvalue weighted by Crippen LogP contribution is -2.44. The number of hydrogen-bond acceptors (Lipinski definition) is 3. The van der Waals surface area contributed by atoms with Gasteiger partial charge >= 0.3 is 5.97 Å². The van der Waals surface area contributed by atoms with Crippen LogP contribution in [0.1, 0.15) is 24.2 Å². The Morgan fingerprint density at radius 3 is 2.44 bits per heavy atom. The van der Waals surface area contributed by atoms with Crippen molar-refractivity contribution in [3.8, 4) is 0 Å². The molecule has 1 amide bonds. The number of amides is 1. The number of nitrogen functional groups attached to an aromatic ring is 1. The second kappa shape index (κ2) is 5.73. The summed E-state index contributed by atoms with van der Waals surface area (Å²) in [6.07, 6.45) is 0. The predicted molar refractivity (Wildman–Crippen MR) is 69.6 cm³/mol. The molecule has 1 aromatic rings. The van der Waals surface area contributed by atoms with Crippen LogP contribution in [0.25, 0.3) is 0 Å². The van der Waals surface area contributed by atoms with E-state index in [9.17, 15) is 9.59 Å². The minimum Gasteiger partial charge on any atom is -0.480 e. The lowest BCUT2D eigenvalue weighted by Gasteiger charge is -2.18. The van der Waals surface area contributed by atoms with Gasteiger partial charge in [0.15, 0.2) is 0 Å². The average molecular weight is 271 g/mol. The van der Waals surface area contributed by atoms with Gasteiger partial charge in [-0.15, -0.1) is 0 Å². The van der Waals surface area contributed by atoms with Crippen LogP contribution in [0, 0.1) is 5.92 Å². The average Bonchev–Trinajstić information content (AvgIpc) is 2.28. The van der Waals surface area contributed by atoms with E-state index in [1.165, 1.54) is 18.2 Å². The van der Waals surface area contributed by atoms with Crippen LogP contribution in [0.5, 0.6) is 0 Å². The van der Waals surface area contributed by atoms with Crippen molar-refractivity contribution in [3.05, 3.63) is 28.8 Å². The Kier molecular flexibility index (Phi) is 4.55. The first-order valence-electron chi connectivity index (χ1n) is 5.41. The Hall–Kier alpha value is -1.75. The fourth-order valence-electron chi connectivity index (χ4n) is 1.41. The topological polar surface area (TPSA) is 92.4 Å². The normalized spacial score (nSPS) is 12.2. The van der Waals surface area contributed by atoms with Gasteiger partial charge in [-0.3, -0.25) is 4.79 Å². The van der Waals surface area contributed by atoms with E-state index in [1.54, 1.807) is 13.8 Å². The van der Waals surface area contributed by atoms with Gasteiger partial charge in [-0.2, -0.15) is 0 Å². The van der Waals surface area contributed by atoms with Gasteiger partial charge in [-0.1, -0.05) is 25.4 Å². The van der Waals surface area contributed by atoms with Crippen molar-refractivity contribution in [3.63, 3.8) is 0 Å². The van der Waals surface area contributed by atoms with Crippen molar-refractivity contribution in [1.29, 1.82) is 0 Å². The van der Waals surface area contributed by atoms with Crippen molar-refractivity contribution in [2.75, 3.05) is 5.73 Å². The van der Waals surface area contributed by atoms with Gasteiger partial charge in [0, 0.05) is 5.56 Å². The first-order valence-corrected chi connectivity index (χ1v) is 5.79. The number of nitrogens with two attached hydrogens (primary N) is 1. The summed E-state index contributed by atoms with van der Waals surface area (Å²) >= 11 is 5.80. The molecule has 5 nitrogen and oxygen atoms in total. The number of rotatable bonds is 4. The molecule has 0 aliphatic carbocycles. The van der Waals surface area contributed by atoms with Crippen molar-refractivity contribution in [2.24, 2.45) is 5.92 Å². The molecule has 0 unspecified atom stereocenters. The van der Waals surface area contributed by atoms with E-state index >= 15 is 0 Å². The van der Waals surface area contributed by atoms with Crippen LogP contribution in [0.4, 0.5) is 5.69 Å². The Morgan fingerprint density at radius 2 is 2.00 bits per heavy atom. The summed E-state index contributed by atoms with van der Waals surface area (Å²) in [7, 11) is 0. The highest BCUT2D eigenvalue weighted by Gasteiger charge is 2.24. The molecule has 0 bridgehead atoms. The van der Waals surface area contributed by atoms with E-state index in [-0.39, 0.29) is 16.5 Å². The largest absolute Gasteiger partial charge is 0.480 e. The Morgan fingerprint density at radius 1 is 1.39 bits per heavy atom. The molecule has 0 aliphatic rings. The van der Waals surface area contributed by atoms with Crippen LogP contribution >= 0.6 is 11.6 Å². The highest BCUT2D eigenvalue weighted by Crippen LogP contribution is 2.19. The third kappa shape index (κ3) is 3.37. The molecule has 1 rings (SSSR count). The maximum Gasteiger partial charge on any atom is 0.326 e. The Labute approximate surface area is 110 Å². The summed E-state index contributed by atoms with van der Waals surface area (Å²) < 4.78 is 0. The molecule has 0 aromatic heterocycles. The molecule has 4 N–H and O–H groups in total. The number of halogens is 1. The quantitative estimate of drug-likeness (QED) is 0.727. The molecule has 1 atom stereocenters. The number of aliphatic carboxylic acids is 1. The van der Waals surface area contributed by atoms with Crippen molar-refractivity contribution in [1.82, 2.24) is 5.32 Å². The summed E-state index contributed by atoms with van der Waals surface area (Å²) in [5.41, 5.74) is 6.18. The van der Waals surface area contributed by atoms with Gasteiger partial charge in [-0.25, -0.2) is 4.79 Å². The minimum absolute atomic E-state index is 0.212. The highest BCUT2D eigenvalue weighted by atomic mass is 35.5. The minimum atomic E-state index is -1.07. The highest BCUT2D eigenvalue weighted by molar-refractivity contribution is 6.33. The molecule has 0 aliphatic heterocycles. The monoisotopic (exact) mass is 270 g/mol. The van der Waals surface area contributed by atoms with Gasteiger partial charge in [0.1, 0.15) is 6.04 Å². The van der Waals surface area contributed by atoms with Crippen LogP contribution in [0.2, 0.25) is 5.02 Å². The maximum atomic E-state index is 11.9. The Balaban J connectivity index is 2.87. The van der Waals surface area contributed by atoms with Gasteiger partial charge < -0.3 is 16.2 Å². The molecule has 6 heteroatoms. The summed E-state index contributed by atoms with van der Waals surface area (Å²) in [4.78, 5) is 22.8. The van der Waals surface area contributed by atoms with Crippen LogP contribution < -0.4 is 11.1 Å². The second-order valence-electron chi connectivity index (χ2n) is 4.27. The van der Waals surface area contributed by atoms with E-state index in [4.69, 9.17) is 22.4 Å². The number of carbonyl (C=O) groups is 2. The van der Waals surface area contributed by atoms with Crippen molar-refractivity contribution >= 4 is 29.2 Å². The fourth-order valence-corrected chi connectivity index (χ4v) is 1.59. The molecule has 0 saturated carbocycles. The zero-order chi connectivity index (χ0) is 13.9. The molecule has 0 heterocycles. The van der Waals surface area contributed by atoms with Gasteiger partial charge in [-0.05, 0) is 24.1 Å². The Bertz CT molecular complexity index is 474. The predicted octanol–water partition coefficient (Wildman–Crippen LogP) is 1.76. The first kappa shape index (κ1) is 14.3. The number of benzene rings is 1. The van der Waals surface area contributed by atoms with E-state index in [2.05, 4.69) is 5.32 Å². The second-order valence-corrected chi connectivity index (χ2v) is 4.68. The molecule has 18 heavy (non-hydrogen) atoms. The fraction of sp³-hybridized carbons (Fsp3) is 0.333. The molecule has 0 saturated heterocycles. The number of carbonyl (C=O) groups excluding carboxylic acids is 1. The zero-order valence-corrected chi connectivity index (χ0v) is 10.9. The lowest BCUT2D eigenvalue weighted by molar-refractivity contribution is -0.140. The molecular weight excluding hydrogens is 256 g/mol. The molecule has 98 valence electrons. The molecular formula is C12H15ClN2O3. The van der Waals surface area contributed by atoms with Crippen LogP contribution in [0.3, 0.4) is 0 Å². The number of nitrogens with one attached hydrogen (secondary N) is 1. The van der Waals surface area contributed by atoms with Crippen LogP contribution in [-0.4, -0.2) is 23.0 Å². The van der Waals surface area contributed by atoms with E-state index in [0.717, 1.165) is 0 Å². The van der Waals surface area contributed by atoms with Gasteiger partial charge in [0.25, 0.3) is 5.91 Å². The summed E-state index contributed by atoms with van der Waals surface area (Å²) in [5, 5.41) is 11.7. The number of hydrogen-bond donors (Lipinski definition) is 3. The first-order chi connectivity index (χ1) is 8.32. The molecule has 0 radical (unpaired) electrons. The number of anilines is 1. The summed E-state index contributed by atoms with van der Waals surface area (Å²) in [6.45, 7) is 3.43.